The molecule has 2 rings (SSSR count). The van der Waals surface area contributed by atoms with Gasteiger partial charge >= 0.3 is 0 Å². The number of methoxy groups -OCH3 is 1. The summed E-state index contributed by atoms with van der Waals surface area (Å²) in [6.07, 6.45) is 0. The van der Waals surface area contributed by atoms with E-state index in [0.717, 1.165) is 28.4 Å². The van der Waals surface area contributed by atoms with Gasteiger partial charge in [0.2, 0.25) is 0 Å². The first-order valence-corrected chi connectivity index (χ1v) is 5.88. The number of nitrogen functional groups attached to an aromatic ring is 1. The Kier molecular flexibility index (Phi) is 3.42. The summed E-state index contributed by atoms with van der Waals surface area (Å²) in [5.41, 5.74) is 10.9. The first-order chi connectivity index (χ1) is 8.61. The predicted molar refractivity (Wildman–Crippen MR) is 76.6 cm³/mol. The number of rotatable bonds is 3. The molecule has 0 aromatic heterocycles. The zero-order chi connectivity index (χ0) is 13.1. The van der Waals surface area contributed by atoms with Crippen LogP contribution in [0.25, 0.3) is 0 Å². The Labute approximate surface area is 108 Å². The van der Waals surface area contributed by atoms with Crippen LogP contribution in [0.3, 0.4) is 0 Å². The predicted octanol–water partition coefficient (Wildman–Crippen LogP) is 3.64. The average Bonchev–Trinajstić information content (AvgIpc) is 2.35. The minimum atomic E-state index is 0.784. The van der Waals surface area contributed by atoms with Crippen molar-refractivity contribution in [3.63, 3.8) is 0 Å². The molecule has 2 aromatic rings. The van der Waals surface area contributed by atoms with E-state index in [4.69, 9.17) is 10.5 Å². The van der Waals surface area contributed by atoms with Gasteiger partial charge in [-0.1, -0.05) is 12.1 Å². The molecule has 0 atom stereocenters. The molecule has 0 unspecified atom stereocenters. The number of nitrogens with one attached hydrogen (secondary N) is 1. The van der Waals surface area contributed by atoms with Crippen molar-refractivity contribution in [1.29, 1.82) is 0 Å². The van der Waals surface area contributed by atoms with Crippen LogP contribution in [-0.4, -0.2) is 7.11 Å². The maximum absolute atomic E-state index is 5.90. The number of anilines is 3. The van der Waals surface area contributed by atoms with Gasteiger partial charge in [-0.3, -0.25) is 0 Å². The van der Waals surface area contributed by atoms with Gasteiger partial charge in [-0.15, -0.1) is 0 Å². The lowest BCUT2D eigenvalue weighted by Crippen LogP contribution is -1.99. The number of hydrogen-bond acceptors (Lipinski definition) is 3. The molecule has 0 saturated carbocycles. The van der Waals surface area contributed by atoms with Crippen molar-refractivity contribution in [3.8, 4) is 5.75 Å². The van der Waals surface area contributed by atoms with Crippen molar-refractivity contribution in [2.75, 3.05) is 18.2 Å². The zero-order valence-corrected chi connectivity index (χ0v) is 10.9. The molecule has 0 saturated heterocycles. The maximum Gasteiger partial charge on any atom is 0.142 e. The van der Waals surface area contributed by atoms with E-state index in [2.05, 4.69) is 18.3 Å². The van der Waals surface area contributed by atoms with Crippen molar-refractivity contribution in [2.24, 2.45) is 0 Å². The zero-order valence-electron chi connectivity index (χ0n) is 10.9. The Morgan fingerprint density at radius 2 is 1.83 bits per heavy atom. The molecule has 18 heavy (non-hydrogen) atoms. The summed E-state index contributed by atoms with van der Waals surface area (Å²) in [7, 11) is 1.67. The highest BCUT2D eigenvalue weighted by molar-refractivity contribution is 5.72. The van der Waals surface area contributed by atoms with Gasteiger partial charge in [0, 0.05) is 11.4 Å². The maximum atomic E-state index is 5.90. The number of benzene rings is 2. The van der Waals surface area contributed by atoms with E-state index >= 15 is 0 Å². The van der Waals surface area contributed by atoms with Crippen LogP contribution in [0.5, 0.6) is 5.75 Å². The van der Waals surface area contributed by atoms with Crippen LogP contribution < -0.4 is 15.8 Å². The monoisotopic (exact) mass is 242 g/mol. The molecule has 0 radical (unpaired) electrons. The number of nitrogens with two attached hydrogens (primary N) is 1. The van der Waals surface area contributed by atoms with Crippen LogP contribution in [-0.2, 0) is 0 Å². The molecule has 3 nitrogen and oxygen atoms in total. The third kappa shape index (κ3) is 2.40. The van der Waals surface area contributed by atoms with Gasteiger partial charge in [-0.25, -0.2) is 0 Å². The molecule has 0 fully saturated rings. The van der Waals surface area contributed by atoms with Gasteiger partial charge in [0.15, 0.2) is 0 Å². The molecule has 2 aromatic carbocycles. The van der Waals surface area contributed by atoms with E-state index in [9.17, 15) is 0 Å². The summed E-state index contributed by atoms with van der Waals surface area (Å²) in [5, 5.41) is 3.37. The Hall–Kier alpha value is -2.16. The molecule has 0 bridgehead atoms. The Morgan fingerprint density at radius 1 is 1.06 bits per heavy atom. The highest BCUT2D eigenvalue weighted by Gasteiger charge is 2.06. The third-order valence-corrected chi connectivity index (χ3v) is 3.00. The molecule has 0 aliphatic rings. The molecule has 0 aliphatic carbocycles. The second-order valence-corrected chi connectivity index (χ2v) is 4.35. The second-order valence-electron chi connectivity index (χ2n) is 4.35. The summed E-state index contributed by atoms with van der Waals surface area (Å²) < 4.78 is 5.35. The van der Waals surface area contributed by atoms with E-state index in [-0.39, 0.29) is 0 Å². The summed E-state index contributed by atoms with van der Waals surface area (Å²) in [6.45, 7) is 4.05. The van der Waals surface area contributed by atoms with E-state index in [1.807, 2.05) is 37.3 Å². The van der Waals surface area contributed by atoms with Gasteiger partial charge in [0.1, 0.15) is 5.75 Å². The summed E-state index contributed by atoms with van der Waals surface area (Å²) in [4.78, 5) is 0. The number of hydrogen-bond donors (Lipinski definition) is 2. The molecular weight excluding hydrogens is 224 g/mol. The van der Waals surface area contributed by atoms with Crippen molar-refractivity contribution < 1.29 is 4.74 Å². The molecule has 0 heterocycles. The first kappa shape index (κ1) is 12.3. The average molecular weight is 242 g/mol. The van der Waals surface area contributed by atoms with Gasteiger partial charge in [0.05, 0.1) is 12.8 Å². The summed E-state index contributed by atoms with van der Waals surface area (Å²) in [6, 6.07) is 11.9. The van der Waals surface area contributed by atoms with Crippen molar-refractivity contribution in [1.82, 2.24) is 0 Å². The van der Waals surface area contributed by atoms with Crippen LogP contribution in [0.15, 0.2) is 36.4 Å². The number of aryl methyl sites for hydroxylation is 1. The van der Waals surface area contributed by atoms with Gasteiger partial charge in [-0.05, 0) is 49.2 Å². The van der Waals surface area contributed by atoms with Crippen molar-refractivity contribution in [3.05, 3.63) is 47.5 Å². The molecule has 3 N–H and O–H groups in total. The van der Waals surface area contributed by atoms with Crippen molar-refractivity contribution in [2.45, 2.75) is 13.8 Å². The standard InChI is InChI=1S/C15H18N2O/c1-10-7-8-15(18-3)14(9-10)17-13-6-4-5-12(16)11(13)2/h4-9,17H,16H2,1-3H3. The minimum absolute atomic E-state index is 0.784. The second kappa shape index (κ2) is 5.00. The fourth-order valence-electron chi connectivity index (χ4n) is 1.85. The van der Waals surface area contributed by atoms with Crippen LogP contribution >= 0.6 is 0 Å². The minimum Gasteiger partial charge on any atom is -0.495 e. The topological polar surface area (TPSA) is 47.3 Å². The van der Waals surface area contributed by atoms with Crippen molar-refractivity contribution >= 4 is 17.1 Å². The summed E-state index contributed by atoms with van der Waals surface area (Å²) >= 11 is 0. The fraction of sp³-hybridized carbons (Fsp3) is 0.200. The van der Waals surface area contributed by atoms with E-state index < -0.39 is 0 Å². The lowest BCUT2D eigenvalue weighted by Gasteiger charge is -2.14. The highest BCUT2D eigenvalue weighted by atomic mass is 16.5. The van der Waals surface area contributed by atoms with Gasteiger partial charge in [-0.2, -0.15) is 0 Å². The van der Waals surface area contributed by atoms with Crippen LogP contribution in [0.1, 0.15) is 11.1 Å². The largest absolute Gasteiger partial charge is 0.495 e. The lowest BCUT2D eigenvalue weighted by atomic mass is 10.1. The smallest absolute Gasteiger partial charge is 0.142 e. The summed E-state index contributed by atoms with van der Waals surface area (Å²) in [5.74, 6) is 0.822. The molecule has 0 spiro atoms. The first-order valence-electron chi connectivity index (χ1n) is 5.88. The quantitative estimate of drug-likeness (QED) is 0.808. The molecule has 3 heteroatoms. The molecule has 0 aliphatic heterocycles. The Morgan fingerprint density at radius 3 is 2.56 bits per heavy atom. The molecule has 94 valence electrons. The molecular formula is C15H18N2O. The lowest BCUT2D eigenvalue weighted by molar-refractivity contribution is 0.416. The van der Waals surface area contributed by atoms with Crippen LogP contribution in [0.2, 0.25) is 0 Å². The van der Waals surface area contributed by atoms with Crippen LogP contribution in [0.4, 0.5) is 17.1 Å². The SMILES string of the molecule is COc1ccc(C)cc1Nc1cccc(N)c1C. The van der Waals surface area contributed by atoms with E-state index in [1.165, 1.54) is 5.56 Å². The fourth-order valence-corrected chi connectivity index (χ4v) is 1.85. The Balaban J connectivity index is 2.39. The normalized spacial score (nSPS) is 10.2. The molecule has 0 amide bonds. The van der Waals surface area contributed by atoms with Crippen LogP contribution in [0, 0.1) is 13.8 Å². The van der Waals surface area contributed by atoms with E-state index in [0.29, 0.717) is 0 Å². The van der Waals surface area contributed by atoms with Gasteiger partial charge < -0.3 is 15.8 Å². The van der Waals surface area contributed by atoms with Gasteiger partial charge in [0.25, 0.3) is 0 Å². The number of ether oxygens (including phenoxy) is 1. The Bertz CT molecular complexity index is 564. The third-order valence-electron chi connectivity index (χ3n) is 3.00. The highest BCUT2D eigenvalue weighted by Crippen LogP contribution is 2.31. The van der Waals surface area contributed by atoms with E-state index in [1.54, 1.807) is 7.11 Å².